The molecule has 1 aromatic carbocycles. The van der Waals surface area contributed by atoms with Crippen molar-refractivity contribution in [3.63, 3.8) is 0 Å². The lowest BCUT2D eigenvalue weighted by Crippen LogP contribution is -2.01. The topological polar surface area (TPSA) is 38.5 Å². The molecule has 0 saturated heterocycles. The van der Waals surface area contributed by atoms with Gasteiger partial charge < -0.3 is 4.98 Å². The number of rotatable bonds is 2. The minimum absolute atomic E-state index is 0.708. The smallest absolute Gasteiger partial charge is 0.184 e. The van der Waals surface area contributed by atoms with Gasteiger partial charge >= 0.3 is 0 Å². The zero-order valence-corrected chi connectivity index (χ0v) is 13.6. The number of nitrogens with one attached hydrogen (secondary N) is 1. The molecule has 0 radical (unpaired) electrons. The maximum atomic E-state index is 5.46. The summed E-state index contributed by atoms with van der Waals surface area (Å²) in [5, 5.41) is 4.53. The third-order valence-corrected chi connectivity index (χ3v) is 4.09. The van der Waals surface area contributed by atoms with E-state index in [2.05, 4.69) is 57.8 Å². The molecule has 3 aromatic rings. The molecule has 0 amide bonds. The fourth-order valence-corrected chi connectivity index (χ4v) is 3.14. The van der Waals surface area contributed by atoms with E-state index < -0.39 is 0 Å². The summed E-state index contributed by atoms with van der Waals surface area (Å²) >= 11 is 7.77. The van der Waals surface area contributed by atoms with Crippen molar-refractivity contribution < 1.29 is 0 Å². The van der Waals surface area contributed by atoms with Crippen LogP contribution in [0.3, 0.4) is 0 Å². The zero-order chi connectivity index (χ0) is 13.6. The molecule has 98 valence electrons. The predicted molar refractivity (Wildman–Crippen MR) is 87.3 cm³/mol. The lowest BCUT2D eigenvalue weighted by Gasteiger charge is -2.05. The van der Waals surface area contributed by atoms with E-state index in [4.69, 9.17) is 12.2 Å². The van der Waals surface area contributed by atoms with Crippen molar-refractivity contribution in [3.8, 4) is 5.69 Å². The molecule has 6 heteroatoms. The Bertz CT molecular complexity index is 812. The molecule has 3 rings (SSSR count). The molecule has 2 heterocycles. The van der Waals surface area contributed by atoms with Gasteiger partial charge in [0.2, 0.25) is 0 Å². The average Bonchev–Trinajstić information content (AvgIpc) is 2.86. The molecule has 0 aliphatic rings. The van der Waals surface area contributed by atoms with Crippen molar-refractivity contribution >= 4 is 46.0 Å². The van der Waals surface area contributed by atoms with Crippen LogP contribution in [0, 0.1) is 8.34 Å². The van der Waals surface area contributed by atoms with Gasteiger partial charge in [-0.3, -0.25) is 4.57 Å². The Hall–Kier alpha value is -1.15. The fraction of sp³-hybridized carbons (Fsp3) is 0.231. The molecule has 19 heavy (non-hydrogen) atoms. The number of hydrogen-bond acceptors (Lipinski definition) is 2. The van der Waals surface area contributed by atoms with Crippen LogP contribution in [0.5, 0.6) is 0 Å². The van der Waals surface area contributed by atoms with Crippen LogP contribution in [0.4, 0.5) is 0 Å². The maximum absolute atomic E-state index is 5.46. The van der Waals surface area contributed by atoms with Gasteiger partial charge in [-0.15, -0.1) is 0 Å². The Morgan fingerprint density at radius 2 is 2.21 bits per heavy atom. The molecule has 0 aliphatic carbocycles. The van der Waals surface area contributed by atoms with Gasteiger partial charge in [0.05, 0.1) is 11.4 Å². The zero-order valence-electron chi connectivity index (χ0n) is 10.6. The van der Waals surface area contributed by atoms with E-state index in [0.29, 0.717) is 4.77 Å². The SMILES string of the molecule is CCc1nn(C)c2c1[nH]c(=S)n2-c1cccc(I)c1. The summed E-state index contributed by atoms with van der Waals surface area (Å²) in [6.07, 6.45) is 0.888. The first-order valence-electron chi connectivity index (χ1n) is 6.04. The Labute approximate surface area is 129 Å². The monoisotopic (exact) mass is 384 g/mol. The first kappa shape index (κ1) is 12.9. The minimum Gasteiger partial charge on any atom is -0.327 e. The van der Waals surface area contributed by atoms with Crippen LogP contribution in [0.1, 0.15) is 12.6 Å². The first-order chi connectivity index (χ1) is 9.11. The number of hydrogen-bond donors (Lipinski definition) is 1. The summed E-state index contributed by atoms with van der Waals surface area (Å²) in [5.74, 6) is 0. The van der Waals surface area contributed by atoms with E-state index in [0.717, 1.165) is 29.0 Å². The molecule has 4 nitrogen and oxygen atoms in total. The molecule has 0 fully saturated rings. The van der Waals surface area contributed by atoms with Crippen molar-refractivity contribution in [1.29, 1.82) is 0 Å². The summed E-state index contributed by atoms with van der Waals surface area (Å²) in [6, 6.07) is 8.28. The largest absolute Gasteiger partial charge is 0.327 e. The summed E-state index contributed by atoms with van der Waals surface area (Å²) < 4.78 is 5.82. The van der Waals surface area contributed by atoms with Gasteiger partial charge in [-0.1, -0.05) is 13.0 Å². The second-order valence-corrected chi connectivity index (χ2v) is 6.00. The van der Waals surface area contributed by atoms with E-state index in [-0.39, 0.29) is 0 Å². The van der Waals surface area contributed by atoms with E-state index in [1.165, 1.54) is 3.57 Å². The number of nitrogens with zero attached hydrogens (tertiary/aromatic N) is 3. The Morgan fingerprint density at radius 1 is 1.42 bits per heavy atom. The normalized spacial score (nSPS) is 11.3. The highest BCUT2D eigenvalue weighted by atomic mass is 127. The number of aromatic amines is 1. The van der Waals surface area contributed by atoms with E-state index in [1.807, 2.05) is 22.4 Å². The number of aryl methyl sites for hydroxylation is 2. The predicted octanol–water partition coefficient (Wildman–Crippen LogP) is 3.59. The van der Waals surface area contributed by atoms with Crippen LogP contribution in [-0.4, -0.2) is 19.3 Å². The maximum Gasteiger partial charge on any atom is 0.184 e. The Kier molecular flexibility index (Phi) is 3.22. The summed E-state index contributed by atoms with van der Waals surface area (Å²) in [7, 11) is 1.95. The van der Waals surface area contributed by atoms with Crippen LogP contribution in [0.2, 0.25) is 0 Å². The van der Waals surface area contributed by atoms with Crippen LogP contribution in [0.25, 0.3) is 16.9 Å². The van der Waals surface area contributed by atoms with Gasteiger partial charge in [-0.05, 0) is 59.4 Å². The molecule has 0 aliphatic heterocycles. The van der Waals surface area contributed by atoms with Crippen LogP contribution in [0.15, 0.2) is 24.3 Å². The number of aromatic nitrogens is 4. The molecule has 0 bridgehead atoms. The van der Waals surface area contributed by atoms with Crippen LogP contribution >= 0.6 is 34.8 Å². The molecule has 0 saturated carbocycles. The first-order valence-corrected chi connectivity index (χ1v) is 7.53. The van der Waals surface area contributed by atoms with Crippen molar-refractivity contribution in [1.82, 2.24) is 19.3 Å². The molecule has 0 unspecified atom stereocenters. The Morgan fingerprint density at radius 3 is 2.89 bits per heavy atom. The number of H-pyrrole nitrogens is 1. The van der Waals surface area contributed by atoms with Crippen molar-refractivity contribution in [2.75, 3.05) is 0 Å². The highest BCUT2D eigenvalue weighted by Gasteiger charge is 2.15. The number of benzene rings is 1. The van der Waals surface area contributed by atoms with E-state index in [9.17, 15) is 0 Å². The Balaban J connectivity index is 2.38. The third kappa shape index (κ3) is 2.02. The highest BCUT2D eigenvalue weighted by molar-refractivity contribution is 14.1. The number of imidazole rings is 1. The third-order valence-electron chi connectivity index (χ3n) is 3.14. The van der Waals surface area contributed by atoms with Gasteiger partial charge in [0.15, 0.2) is 10.4 Å². The van der Waals surface area contributed by atoms with Gasteiger partial charge in [0.25, 0.3) is 0 Å². The van der Waals surface area contributed by atoms with Crippen molar-refractivity contribution in [2.24, 2.45) is 7.05 Å². The molecule has 0 atom stereocenters. The molecule has 1 N–H and O–H groups in total. The summed E-state index contributed by atoms with van der Waals surface area (Å²) in [4.78, 5) is 3.28. The fourth-order valence-electron chi connectivity index (χ4n) is 2.32. The van der Waals surface area contributed by atoms with E-state index >= 15 is 0 Å². The van der Waals surface area contributed by atoms with Crippen LogP contribution in [-0.2, 0) is 13.5 Å². The van der Waals surface area contributed by atoms with Gasteiger partial charge in [0, 0.05) is 10.6 Å². The molecule has 2 aromatic heterocycles. The summed E-state index contributed by atoms with van der Waals surface area (Å²) in [6.45, 7) is 2.10. The average molecular weight is 384 g/mol. The van der Waals surface area contributed by atoms with Crippen molar-refractivity contribution in [2.45, 2.75) is 13.3 Å². The summed E-state index contributed by atoms with van der Waals surface area (Å²) in [5.41, 5.74) is 4.17. The highest BCUT2D eigenvalue weighted by Crippen LogP contribution is 2.23. The molecular weight excluding hydrogens is 371 g/mol. The van der Waals surface area contributed by atoms with E-state index in [1.54, 1.807) is 0 Å². The molecule has 0 spiro atoms. The lowest BCUT2D eigenvalue weighted by atomic mass is 10.3. The van der Waals surface area contributed by atoms with Crippen LogP contribution < -0.4 is 0 Å². The second kappa shape index (κ2) is 4.75. The van der Waals surface area contributed by atoms with Gasteiger partial charge in [-0.2, -0.15) is 5.10 Å². The van der Waals surface area contributed by atoms with Gasteiger partial charge in [0.1, 0.15) is 5.52 Å². The quantitative estimate of drug-likeness (QED) is 0.542. The number of fused-ring (bicyclic) bond motifs is 1. The van der Waals surface area contributed by atoms with Gasteiger partial charge in [-0.25, -0.2) is 4.68 Å². The number of halogens is 1. The minimum atomic E-state index is 0.708. The second-order valence-electron chi connectivity index (χ2n) is 4.37. The van der Waals surface area contributed by atoms with Crippen molar-refractivity contribution in [3.05, 3.63) is 38.3 Å². The molecular formula is C13H13IN4S. The standard InChI is InChI=1S/C13H13IN4S/c1-3-10-11-12(17(2)16-10)18(13(19)15-11)9-6-4-5-8(14)7-9/h4-7H,3H2,1-2H3,(H,15,19). The lowest BCUT2D eigenvalue weighted by molar-refractivity contribution is 0.748.